The molecule has 0 heterocycles. The van der Waals surface area contributed by atoms with Crippen molar-refractivity contribution >= 4 is 17.9 Å². The van der Waals surface area contributed by atoms with Gasteiger partial charge in [0.25, 0.3) is 0 Å². The van der Waals surface area contributed by atoms with Crippen molar-refractivity contribution in [2.75, 3.05) is 11.9 Å². The average Bonchev–Trinajstić information content (AvgIpc) is 2.49. The maximum absolute atomic E-state index is 11.6. The maximum Gasteiger partial charge on any atom is 0.339 e. The maximum atomic E-state index is 11.6. The largest absolute Gasteiger partial charge is 0.494 e. The molecule has 0 saturated carbocycles. The molecular weight excluding hydrogens is 266 g/mol. The molecule has 0 fully saturated rings. The van der Waals surface area contributed by atoms with Crippen molar-refractivity contribution in [3.8, 4) is 5.75 Å². The van der Waals surface area contributed by atoms with Gasteiger partial charge in [0.2, 0.25) is 0 Å². The number of amides is 2. The highest BCUT2D eigenvalue weighted by atomic mass is 16.5. The minimum atomic E-state index is -0.390. The van der Waals surface area contributed by atoms with Crippen LogP contribution in [0.15, 0.2) is 59.7 Å². The predicted molar refractivity (Wildman–Crippen MR) is 83.8 cm³/mol. The first-order valence-electron chi connectivity index (χ1n) is 6.66. The molecule has 5 nitrogen and oxygen atoms in total. The third-order valence-electron chi connectivity index (χ3n) is 2.58. The van der Waals surface area contributed by atoms with Gasteiger partial charge in [-0.1, -0.05) is 30.3 Å². The van der Waals surface area contributed by atoms with Crippen molar-refractivity contribution in [1.29, 1.82) is 0 Å². The Morgan fingerprint density at radius 3 is 2.76 bits per heavy atom. The van der Waals surface area contributed by atoms with Gasteiger partial charge in [-0.05, 0) is 36.8 Å². The van der Waals surface area contributed by atoms with Crippen LogP contribution in [0, 0.1) is 0 Å². The van der Waals surface area contributed by atoms with Crippen LogP contribution in [-0.2, 0) is 0 Å². The zero-order chi connectivity index (χ0) is 14.9. The van der Waals surface area contributed by atoms with Crippen molar-refractivity contribution in [2.45, 2.75) is 6.92 Å². The summed E-state index contributed by atoms with van der Waals surface area (Å²) in [4.78, 5) is 11.6. The van der Waals surface area contributed by atoms with E-state index in [1.165, 1.54) is 0 Å². The van der Waals surface area contributed by atoms with Crippen LogP contribution in [0.5, 0.6) is 5.75 Å². The average molecular weight is 283 g/mol. The number of hydrogen-bond acceptors (Lipinski definition) is 3. The smallest absolute Gasteiger partial charge is 0.339 e. The molecule has 21 heavy (non-hydrogen) atoms. The Morgan fingerprint density at radius 1 is 1.19 bits per heavy atom. The molecule has 2 aromatic rings. The van der Waals surface area contributed by atoms with Crippen LogP contribution in [0.25, 0.3) is 0 Å². The molecule has 2 amide bonds. The zero-order valence-electron chi connectivity index (χ0n) is 11.7. The van der Waals surface area contributed by atoms with E-state index < -0.39 is 6.03 Å². The predicted octanol–water partition coefficient (Wildman–Crippen LogP) is 3.24. The lowest BCUT2D eigenvalue weighted by atomic mass is 10.2. The van der Waals surface area contributed by atoms with Gasteiger partial charge in [0.05, 0.1) is 12.8 Å². The Kier molecular flexibility index (Phi) is 5.34. The molecular formula is C16H17N3O2. The fraction of sp³-hybridized carbons (Fsp3) is 0.125. The number of benzene rings is 2. The van der Waals surface area contributed by atoms with E-state index in [2.05, 4.69) is 15.8 Å². The lowest BCUT2D eigenvalue weighted by molar-refractivity contribution is 0.252. The molecule has 2 aromatic carbocycles. The Morgan fingerprint density at radius 2 is 2.00 bits per heavy atom. The van der Waals surface area contributed by atoms with Crippen LogP contribution in [0.2, 0.25) is 0 Å². The Labute approximate surface area is 123 Å². The van der Waals surface area contributed by atoms with Crippen LogP contribution in [-0.4, -0.2) is 18.9 Å². The van der Waals surface area contributed by atoms with Crippen molar-refractivity contribution < 1.29 is 9.53 Å². The molecule has 0 unspecified atom stereocenters. The molecule has 0 atom stereocenters. The number of nitrogens with zero attached hydrogens (tertiary/aromatic N) is 1. The number of hydrogen-bond donors (Lipinski definition) is 2. The summed E-state index contributed by atoms with van der Waals surface area (Å²) >= 11 is 0. The van der Waals surface area contributed by atoms with Crippen molar-refractivity contribution in [1.82, 2.24) is 5.43 Å². The molecule has 0 radical (unpaired) electrons. The third-order valence-corrected chi connectivity index (χ3v) is 2.58. The Balaban J connectivity index is 1.87. The second-order valence-corrected chi connectivity index (χ2v) is 4.20. The lowest BCUT2D eigenvalue weighted by Crippen LogP contribution is -2.24. The van der Waals surface area contributed by atoms with Gasteiger partial charge in [-0.15, -0.1) is 0 Å². The van der Waals surface area contributed by atoms with Crippen LogP contribution in [0.4, 0.5) is 10.5 Å². The summed E-state index contributed by atoms with van der Waals surface area (Å²) in [5.41, 5.74) is 3.97. The van der Waals surface area contributed by atoms with E-state index in [1.807, 2.05) is 49.4 Å². The number of carbonyl (C=O) groups is 1. The number of hydrazone groups is 1. The van der Waals surface area contributed by atoms with E-state index in [0.29, 0.717) is 12.3 Å². The highest BCUT2D eigenvalue weighted by Crippen LogP contribution is 2.11. The van der Waals surface area contributed by atoms with Gasteiger partial charge in [-0.3, -0.25) is 0 Å². The molecule has 0 spiro atoms. The van der Waals surface area contributed by atoms with Crippen LogP contribution in [0.3, 0.4) is 0 Å². The van der Waals surface area contributed by atoms with E-state index >= 15 is 0 Å². The van der Waals surface area contributed by atoms with Crippen molar-refractivity contribution in [2.24, 2.45) is 5.10 Å². The summed E-state index contributed by atoms with van der Waals surface area (Å²) in [6.45, 7) is 2.54. The van der Waals surface area contributed by atoms with Gasteiger partial charge in [0.1, 0.15) is 5.75 Å². The standard InChI is InChI=1S/C16H17N3O2/c1-2-21-15-10-6-7-13(11-15)12-17-19-16(20)18-14-8-4-3-5-9-14/h3-12H,2H2,1H3,(H2,18,19,20)/b17-12+. The Bertz CT molecular complexity index is 612. The van der Waals surface area contributed by atoms with Crippen LogP contribution < -0.4 is 15.5 Å². The molecule has 0 bridgehead atoms. The van der Waals surface area contributed by atoms with Gasteiger partial charge in [0.15, 0.2) is 0 Å². The number of urea groups is 1. The minimum Gasteiger partial charge on any atom is -0.494 e. The highest BCUT2D eigenvalue weighted by molar-refractivity contribution is 5.90. The highest BCUT2D eigenvalue weighted by Gasteiger charge is 1.98. The molecule has 2 N–H and O–H groups in total. The number of nitrogens with one attached hydrogen (secondary N) is 2. The van der Waals surface area contributed by atoms with Crippen LogP contribution >= 0.6 is 0 Å². The van der Waals surface area contributed by atoms with Gasteiger partial charge >= 0.3 is 6.03 Å². The number of para-hydroxylation sites is 1. The molecule has 2 rings (SSSR count). The van der Waals surface area contributed by atoms with Crippen molar-refractivity contribution in [3.63, 3.8) is 0 Å². The van der Waals surface area contributed by atoms with E-state index in [4.69, 9.17) is 4.74 Å². The minimum absolute atomic E-state index is 0.390. The number of rotatable bonds is 5. The number of carbonyl (C=O) groups excluding carboxylic acids is 1. The molecule has 0 aliphatic heterocycles. The van der Waals surface area contributed by atoms with Crippen LogP contribution in [0.1, 0.15) is 12.5 Å². The normalized spacial score (nSPS) is 10.3. The second kappa shape index (κ2) is 7.69. The summed E-state index contributed by atoms with van der Waals surface area (Å²) in [5, 5.41) is 6.57. The molecule has 0 saturated heterocycles. The van der Waals surface area contributed by atoms with Gasteiger partial charge in [-0.25, -0.2) is 10.2 Å². The van der Waals surface area contributed by atoms with E-state index in [-0.39, 0.29) is 0 Å². The SMILES string of the molecule is CCOc1cccc(/C=N/NC(=O)Nc2ccccc2)c1. The van der Waals surface area contributed by atoms with Gasteiger partial charge in [0, 0.05) is 5.69 Å². The Hall–Kier alpha value is -2.82. The van der Waals surface area contributed by atoms with E-state index in [1.54, 1.807) is 18.3 Å². The summed E-state index contributed by atoms with van der Waals surface area (Å²) in [6.07, 6.45) is 1.56. The first kappa shape index (κ1) is 14.6. The lowest BCUT2D eigenvalue weighted by Gasteiger charge is -2.04. The summed E-state index contributed by atoms with van der Waals surface area (Å²) in [7, 11) is 0. The van der Waals surface area contributed by atoms with E-state index in [0.717, 1.165) is 11.3 Å². The molecule has 108 valence electrons. The second-order valence-electron chi connectivity index (χ2n) is 4.20. The molecule has 0 aliphatic rings. The van der Waals surface area contributed by atoms with Gasteiger partial charge < -0.3 is 10.1 Å². The molecule has 0 aliphatic carbocycles. The zero-order valence-corrected chi connectivity index (χ0v) is 11.7. The first-order chi connectivity index (χ1) is 10.3. The number of ether oxygens (including phenoxy) is 1. The topological polar surface area (TPSA) is 62.7 Å². The molecule has 5 heteroatoms. The third kappa shape index (κ3) is 4.99. The quantitative estimate of drug-likeness (QED) is 0.653. The van der Waals surface area contributed by atoms with Crippen molar-refractivity contribution in [3.05, 3.63) is 60.2 Å². The van der Waals surface area contributed by atoms with E-state index in [9.17, 15) is 4.79 Å². The fourth-order valence-electron chi connectivity index (χ4n) is 1.70. The monoisotopic (exact) mass is 283 g/mol. The number of anilines is 1. The summed E-state index contributed by atoms with van der Waals surface area (Å²) < 4.78 is 5.39. The first-order valence-corrected chi connectivity index (χ1v) is 6.66. The van der Waals surface area contributed by atoms with Gasteiger partial charge in [-0.2, -0.15) is 5.10 Å². The fourth-order valence-corrected chi connectivity index (χ4v) is 1.70. The summed E-state index contributed by atoms with van der Waals surface area (Å²) in [5.74, 6) is 0.773. The molecule has 0 aromatic heterocycles. The summed E-state index contributed by atoms with van der Waals surface area (Å²) in [6, 6.07) is 16.3.